The van der Waals surface area contributed by atoms with Crippen LogP contribution in [0.5, 0.6) is 0 Å². The number of hydrogen-bond acceptors (Lipinski definition) is 4. The molecule has 0 aliphatic carbocycles. The molecule has 5 heteroatoms. The third kappa shape index (κ3) is 2.98. The van der Waals surface area contributed by atoms with E-state index in [1.165, 1.54) is 0 Å². The van der Waals surface area contributed by atoms with Gasteiger partial charge < -0.3 is 11.1 Å². The number of carbonyl (C=O) groups excluding carboxylic acids is 1. The summed E-state index contributed by atoms with van der Waals surface area (Å²) in [6, 6.07) is 1.89. The third-order valence-electron chi connectivity index (χ3n) is 2.42. The van der Waals surface area contributed by atoms with Crippen LogP contribution in [0.4, 0.5) is 0 Å². The molecule has 1 unspecified atom stereocenters. The van der Waals surface area contributed by atoms with Gasteiger partial charge in [0, 0.05) is 32.6 Å². The maximum atomic E-state index is 11.1. The van der Waals surface area contributed by atoms with E-state index in [2.05, 4.69) is 16.3 Å². The number of carbonyl (C=O) groups is 1. The number of hydrogen-bond donors (Lipinski definition) is 2. The number of amides is 1. The quantitative estimate of drug-likeness (QED) is 0.568. The maximum Gasteiger partial charge on any atom is 0.236 e. The number of unbranched alkanes of at least 4 members (excludes halogenated alkanes) is 1. The number of nitrogens with one attached hydrogen (secondary N) is 1. The largest absolute Gasteiger partial charge is 0.368 e. The van der Waals surface area contributed by atoms with Crippen molar-refractivity contribution in [1.29, 1.82) is 5.26 Å². The Morgan fingerprint density at radius 3 is 3.14 bits per heavy atom. The SMILES string of the molecule is N#CCCCN1CCNCC1C(N)=O. The Morgan fingerprint density at radius 1 is 1.71 bits per heavy atom. The Hall–Kier alpha value is -1.12. The van der Waals surface area contributed by atoms with Crippen LogP contribution in [0, 0.1) is 11.3 Å². The van der Waals surface area contributed by atoms with E-state index in [1.807, 2.05) is 0 Å². The molecule has 78 valence electrons. The summed E-state index contributed by atoms with van der Waals surface area (Å²) in [4.78, 5) is 13.1. The number of nitrogens with two attached hydrogens (primary N) is 1. The van der Waals surface area contributed by atoms with Gasteiger partial charge in [0.2, 0.25) is 5.91 Å². The van der Waals surface area contributed by atoms with E-state index in [0.717, 1.165) is 26.1 Å². The standard InChI is InChI=1S/C9H16N4O/c10-3-1-2-5-13-6-4-12-7-8(13)9(11)14/h8,12H,1-2,4-7H2,(H2,11,14). The van der Waals surface area contributed by atoms with Gasteiger partial charge in [0.05, 0.1) is 6.07 Å². The highest BCUT2D eigenvalue weighted by molar-refractivity contribution is 5.80. The molecule has 0 saturated carbocycles. The molecule has 1 atom stereocenters. The lowest BCUT2D eigenvalue weighted by molar-refractivity contribution is -0.123. The number of piperazine rings is 1. The van der Waals surface area contributed by atoms with E-state index in [0.29, 0.717) is 13.0 Å². The number of nitrogens with zero attached hydrogens (tertiary/aromatic N) is 2. The summed E-state index contributed by atoms with van der Waals surface area (Å²) < 4.78 is 0. The normalized spacial score (nSPS) is 22.9. The van der Waals surface area contributed by atoms with Gasteiger partial charge in [-0.1, -0.05) is 0 Å². The predicted octanol–water partition coefficient (Wildman–Crippen LogP) is -0.951. The van der Waals surface area contributed by atoms with Crippen LogP contribution in [0.25, 0.3) is 0 Å². The molecule has 1 aliphatic heterocycles. The van der Waals surface area contributed by atoms with E-state index in [-0.39, 0.29) is 11.9 Å². The van der Waals surface area contributed by atoms with Crippen LogP contribution >= 0.6 is 0 Å². The van der Waals surface area contributed by atoms with E-state index in [4.69, 9.17) is 11.0 Å². The molecule has 1 aliphatic rings. The van der Waals surface area contributed by atoms with Gasteiger partial charge in [0.25, 0.3) is 0 Å². The summed E-state index contributed by atoms with van der Waals surface area (Å²) >= 11 is 0. The van der Waals surface area contributed by atoms with Crippen molar-refractivity contribution in [1.82, 2.24) is 10.2 Å². The van der Waals surface area contributed by atoms with E-state index in [9.17, 15) is 4.79 Å². The predicted molar refractivity (Wildman–Crippen MR) is 52.3 cm³/mol. The third-order valence-corrected chi connectivity index (χ3v) is 2.42. The van der Waals surface area contributed by atoms with Gasteiger partial charge in [0.15, 0.2) is 0 Å². The molecule has 3 N–H and O–H groups in total. The van der Waals surface area contributed by atoms with Crippen molar-refractivity contribution in [2.45, 2.75) is 18.9 Å². The molecule has 1 heterocycles. The molecule has 0 spiro atoms. The molecule has 0 bridgehead atoms. The van der Waals surface area contributed by atoms with Crippen molar-refractivity contribution in [3.63, 3.8) is 0 Å². The second kappa shape index (κ2) is 5.58. The molecule has 0 aromatic rings. The molecule has 0 aromatic carbocycles. The summed E-state index contributed by atoms with van der Waals surface area (Å²) in [6.45, 7) is 3.13. The topological polar surface area (TPSA) is 82.2 Å². The van der Waals surface area contributed by atoms with Crippen LogP contribution in [-0.4, -0.2) is 43.0 Å². The van der Waals surface area contributed by atoms with Crippen LogP contribution in [0.2, 0.25) is 0 Å². The van der Waals surface area contributed by atoms with Crippen molar-refractivity contribution in [3.05, 3.63) is 0 Å². The highest BCUT2D eigenvalue weighted by Gasteiger charge is 2.25. The Balaban J connectivity index is 2.38. The molecule has 1 fully saturated rings. The zero-order valence-electron chi connectivity index (χ0n) is 8.20. The number of primary amides is 1. The molecule has 1 amide bonds. The first-order chi connectivity index (χ1) is 6.75. The molecule has 0 radical (unpaired) electrons. The monoisotopic (exact) mass is 196 g/mol. The number of nitriles is 1. The fourth-order valence-corrected chi connectivity index (χ4v) is 1.66. The fraction of sp³-hybridized carbons (Fsp3) is 0.778. The first kappa shape index (κ1) is 11.0. The Morgan fingerprint density at radius 2 is 2.50 bits per heavy atom. The van der Waals surface area contributed by atoms with Crippen molar-refractivity contribution in [2.75, 3.05) is 26.2 Å². The fourth-order valence-electron chi connectivity index (χ4n) is 1.66. The summed E-state index contributed by atoms with van der Waals surface area (Å²) in [6.07, 6.45) is 1.34. The van der Waals surface area contributed by atoms with Gasteiger partial charge in [-0.2, -0.15) is 5.26 Å². The van der Waals surface area contributed by atoms with Crippen LogP contribution in [0.3, 0.4) is 0 Å². The lowest BCUT2D eigenvalue weighted by Crippen LogP contribution is -2.56. The van der Waals surface area contributed by atoms with Gasteiger partial charge in [-0.3, -0.25) is 9.69 Å². The molecule has 14 heavy (non-hydrogen) atoms. The van der Waals surface area contributed by atoms with Crippen LogP contribution in [-0.2, 0) is 4.79 Å². The van der Waals surface area contributed by atoms with E-state index >= 15 is 0 Å². The average Bonchev–Trinajstić information content (AvgIpc) is 2.19. The molecule has 1 rings (SSSR count). The Labute approximate surface area is 83.9 Å². The van der Waals surface area contributed by atoms with Crippen molar-refractivity contribution >= 4 is 5.91 Å². The second-order valence-electron chi connectivity index (χ2n) is 3.42. The minimum Gasteiger partial charge on any atom is -0.368 e. The smallest absolute Gasteiger partial charge is 0.236 e. The summed E-state index contributed by atoms with van der Waals surface area (Å²) in [7, 11) is 0. The molecular formula is C9H16N4O. The first-order valence-electron chi connectivity index (χ1n) is 4.86. The van der Waals surface area contributed by atoms with Crippen molar-refractivity contribution in [3.8, 4) is 6.07 Å². The summed E-state index contributed by atoms with van der Waals surface area (Å²) in [5, 5.41) is 11.5. The van der Waals surface area contributed by atoms with Crippen molar-refractivity contribution in [2.24, 2.45) is 5.73 Å². The van der Waals surface area contributed by atoms with Crippen LogP contribution in [0.1, 0.15) is 12.8 Å². The van der Waals surface area contributed by atoms with Crippen LogP contribution < -0.4 is 11.1 Å². The highest BCUT2D eigenvalue weighted by atomic mass is 16.1. The lowest BCUT2D eigenvalue weighted by Gasteiger charge is -2.33. The van der Waals surface area contributed by atoms with E-state index < -0.39 is 0 Å². The van der Waals surface area contributed by atoms with Gasteiger partial charge in [-0.25, -0.2) is 0 Å². The minimum atomic E-state index is -0.283. The second-order valence-corrected chi connectivity index (χ2v) is 3.42. The average molecular weight is 196 g/mol. The van der Waals surface area contributed by atoms with Gasteiger partial charge in [-0.05, 0) is 6.42 Å². The van der Waals surface area contributed by atoms with Gasteiger partial charge in [0.1, 0.15) is 6.04 Å². The van der Waals surface area contributed by atoms with Crippen LogP contribution in [0.15, 0.2) is 0 Å². The maximum absolute atomic E-state index is 11.1. The minimum absolute atomic E-state index is 0.206. The molecular weight excluding hydrogens is 180 g/mol. The van der Waals surface area contributed by atoms with Gasteiger partial charge >= 0.3 is 0 Å². The van der Waals surface area contributed by atoms with Gasteiger partial charge in [-0.15, -0.1) is 0 Å². The zero-order chi connectivity index (χ0) is 10.4. The summed E-state index contributed by atoms with van der Waals surface area (Å²) in [5.74, 6) is -0.283. The zero-order valence-corrected chi connectivity index (χ0v) is 8.20. The Bertz CT molecular complexity index is 235. The Kier molecular flexibility index (Phi) is 4.36. The molecule has 1 saturated heterocycles. The van der Waals surface area contributed by atoms with E-state index in [1.54, 1.807) is 0 Å². The lowest BCUT2D eigenvalue weighted by atomic mass is 10.1. The number of rotatable bonds is 4. The molecule has 5 nitrogen and oxygen atoms in total. The summed E-state index contributed by atoms with van der Waals surface area (Å²) in [5.41, 5.74) is 5.28. The first-order valence-corrected chi connectivity index (χ1v) is 4.86. The highest BCUT2D eigenvalue weighted by Crippen LogP contribution is 2.04. The van der Waals surface area contributed by atoms with Crippen molar-refractivity contribution < 1.29 is 4.79 Å². The molecule has 0 aromatic heterocycles.